The molecular formula is C39H49N7O. The van der Waals surface area contributed by atoms with Crippen LogP contribution in [0.4, 0.5) is 0 Å². The van der Waals surface area contributed by atoms with Gasteiger partial charge in [-0.25, -0.2) is 0 Å². The molecule has 0 bridgehead atoms. The van der Waals surface area contributed by atoms with Gasteiger partial charge in [0.05, 0.1) is 5.41 Å². The third-order valence-electron chi connectivity index (χ3n) is 9.39. The molecule has 4 aromatic rings. The Bertz CT molecular complexity index is 1740. The number of nitrogens with zero attached hydrogens (tertiary/aromatic N) is 4. The Kier molecular flexibility index (Phi) is 10.7. The minimum atomic E-state index is -0.670. The molecule has 1 aliphatic rings. The van der Waals surface area contributed by atoms with Gasteiger partial charge < -0.3 is 15.2 Å². The molecular weight excluding hydrogens is 582 g/mol. The summed E-state index contributed by atoms with van der Waals surface area (Å²) in [7, 11) is 0. The zero-order valence-electron chi connectivity index (χ0n) is 28.8. The Morgan fingerprint density at radius 3 is 2.47 bits per heavy atom. The molecule has 1 unspecified atom stereocenters. The quantitative estimate of drug-likeness (QED) is 0.0767. The van der Waals surface area contributed by atoms with Crippen LogP contribution in [-0.2, 0) is 23.2 Å². The molecule has 0 spiro atoms. The number of nitriles is 1. The van der Waals surface area contributed by atoms with E-state index >= 15 is 0 Å². The molecule has 1 aliphatic heterocycles. The van der Waals surface area contributed by atoms with Crippen LogP contribution in [0.5, 0.6) is 0 Å². The lowest BCUT2D eigenvalue weighted by Gasteiger charge is -2.31. The first kappa shape index (κ1) is 33.7. The van der Waals surface area contributed by atoms with Crippen LogP contribution >= 0.6 is 0 Å². The maximum atomic E-state index is 13.6. The Balaban J connectivity index is 1.41. The number of aliphatic imine (C=N–C) groups is 1. The molecule has 1 saturated heterocycles. The van der Waals surface area contributed by atoms with Crippen LogP contribution in [-0.4, -0.2) is 65.4 Å². The molecule has 1 atom stereocenters. The summed E-state index contributed by atoms with van der Waals surface area (Å²) in [5.41, 5.74) is 8.44. The summed E-state index contributed by atoms with van der Waals surface area (Å²) in [4.78, 5) is 26.5. The summed E-state index contributed by atoms with van der Waals surface area (Å²) in [6, 6.07) is 23.7. The maximum absolute atomic E-state index is 13.6. The fourth-order valence-corrected chi connectivity index (χ4v) is 6.87. The number of benzene rings is 3. The number of aromatic amines is 1. The normalized spacial score (nSPS) is 15.5. The summed E-state index contributed by atoms with van der Waals surface area (Å²) < 4.78 is 0. The van der Waals surface area contributed by atoms with Crippen molar-refractivity contribution in [2.45, 2.75) is 72.4 Å². The van der Waals surface area contributed by atoms with Crippen LogP contribution in [0.15, 0.2) is 71.7 Å². The van der Waals surface area contributed by atoms with Gasteiger partial charge >= 0.3 is 0 Å². The van der Waals surface area contributed by atoms with Crippen molar-refractivity contribution >= 4 is 22.8 Å². The van der Waals surface area contributed by atoms with Crippen LogP contribution in [0.2, 0.25) is 0 Å². The average molecular weight is 632 g/mol. The van der Waals surface area contributed by atoms with E-state index in [1.165, 1.54) is 16.7 Å². The smallest absolute Gasteiger partial charge is 0.232 e. The lowest BCUT2D eigenvalue weighted by Crippen LogP contribution is -2.43. The van der Waals surface area contributed by atoms with Gasteiger partial charge in [0.25, 0.3) is 0 Å². The number of H-pyrrole nitrogens is 1. The van der Waals surface area contributed by atoms with Crippen LogP contribution in [0.3, 0.4) is 0 Å². The second-order valence-corrected chi connectivity index (χ2v) is 13.3. The second kappa shape index (κ2) is 14.9. The van der Waals surface area contributed by atoms with Crippen molar-refractivity contribution in [3.05, 3.63) is 94.5 Å². The number of carbonyl (C=O) groups is 1. The number of amides is 1. The van der Waals surface area contributed by atoms with E-state index in [2.05, 4.69) is 101 Å². The first-order chi connectivity index (χ1) is 22.6. The van der Waals surface area contributed by atoms with Gasteiger partial charge in [-0.3, -0.25) is 20.0 Å². The van der Waals surface area contributed by atoms with Crippen LogP contribution in [0.1, 0.15) is 61.9 Å². The summed E-state index contributed by atoms with van der Waals surface area (Å²) in [5, 5.41) is 16.9. The monoisotopic (exact) mass is 631 g/mol. The summed E-state index contributed by atoms with van der Waals surface area (Å²) in [6.45, 7) is 17.0. The Morgan fingerprint density at radius 1 is 1.06 bits per heavy atom. The number of hydrogen-bond acceptors (Lipinski definition) is 4. The van der Waals surface area contributed by atoms with Crippen LogP contribution in [0, 0.1) is 25.3 Å². The van der Waals surface area contributed by atoms with Gasteiger partial charge in [0, 0.05) is 61.9 Å². The molecule has 3 N–H and O–H groups in total. The third kappa shape index (κ3) is 7.86. The number of rotatable bonds is 11. The molecule has 2 heterocycles. The molecule has 3 aromatic carbocycles. The van der Waals surface area contributed by atoms with Crippen molar-refractivity contribution < 1.29 is 4.79 Å². The van der Waals surface area contributed by atoms with E-state index < -0.39 is 5.41 Å². The summed E-state index contributed by atoms with van der Waals surface area (Å²) in [5.74, 6) is 0.643. The van der Waals surface area contributed by atoms with E-state index in [-0.39, 0.29) is 11.9 Å². The van der Waals surface area contributed by atoms with Crippen molar-refractivity contribution in [1.29, 1.82) is 5.26 Å². The van der Waals surface area contributed by atoms with Crippen LogP contribution < -0.4 is 10.6 Å². The number of aryl methyl sites for hydroxylation is 2. The molecule has 246 valence electrons. The highest BCUT2D eigenvalue weighted by Gasteiger charge is 2.33. The topological polar surface area (TPSA) is 99.5 Å². The van der Waals surface area contributed by atoms with Crippen molar-refractivity contribution in [2.75, 3.05) is 32.7 Å². The van der Waals surface area contributed by atoms with E-state index in [0.717, 1.165) is 59.3 Å². The first-order valence-corrected chi connectivity index (χ1v) is 16.9. The van der Waals surface area contributed by atoms with Gasteiger partial charge in [-0.1, -0.05) is 53.6 Å². The van der Waals surface area contributed by atoms with E-state index in [1.54, 1.807) is 0 Å². The van der Waals surface area contributed by atoms with Gasteiger partial charge in [-0.05, 0) is 101 Å². The van der Waals surface area contributed by atoms with Gasteiger partial charge in [-0.2, -0.15) is 5.26 Å². The van der Waals surface area contributed by atoms with E-state index in [9.17, 15) is 10.1 Å². The SMILES string of the molecule is CCN(CC)C(=O)C(C)(C)c1ccc2[nH]c(-c3cc(C)cc(C)c3)c(CCN=C(NC#N)NC3CCN(Cc4ccccc4)C3)c2c1. The van der Waals surface area contributed by atoms with Gasteiger partial charge in [0.15, 0.2) is 6.19 Å². The Hall–Kier alpha value is -4.61. The average Bonchev–Trinajstić information content (AvgIpc) is 3.65. The summed E-state index contributed by atoms with van der Waals surface area (Å²) >= 11 is 0. The molecule has 47 heavy (non-hydrogen) atoms. The lowest BCUT2D eigenvalue weighted by atomic mass is 9.82. The maximum Gasteiger partial charge on any atom is 0.232 e. The predicted octanol–water partition coefficient (Wildman–Crippen LogP) is 6.43. The minimum Gasteiger partial charge on any atom is -0.354 e. The molecule has 1 amide bonds. The molecule has 8 heteroatoms. The van der Waals surface area contributed by atoms with Crippen LogP contribution in [0.25, 0.3) is 22.2 Å². The highest BCUT2D eigenvalue weighted by Crippen LogP contribution is 2.35. The molecule has 0 aliphatic carbocycles. The Morgan fingerprint density at radius 2 is 1.79 bits per heavy atom. The number of carbonyl (C=O) groups excluding carboxylic acids is 1. The third-order valence-corrected chi connectivity index (χ3v) is 9.39. The number of nitrogens with one attached hydrogen (secondary N) is 3. The largest absolute Gasteiger partial charge is 0.354 e. The number of likely N-dealkylation sites (N-methyl/N-ethyl adjacent to an activating group) is 1. The predicted molar refractivity (Wildman–Crippen MR) is 192 cm³/mol. The fourth-order valence-electron chi connectivity index (χ4n) is 6.87. The van der Waals surface area contributed by atoms with E-state index in [1.807, 2.05) is 38.7 Å². The van der Waals surface area contributed by atoms with Crippen molar-refractivity contribution in [1.82, 2.24) is 25.4 Å². The van der Waals surface area contributed by atoms with E-state index in [0.29, 0.717) is 32.0 Å². The van der Waals surface area contributed by atoms with E-state index in [4.69, 9.17) is 4.99 Å². The fraction of sp³-hybridized carbons (Fsp3) is 0.410. The van der Waals surface area contributed by atoms with Gasteiger partial charge in [-0.15, -0.1) is 0 Å². The molecule has 1 fully saturated rings. The zero-order chi connectivity index (χ0) is 33.6. The molecule has 5 rings (SSSR count). The summed E-state index contributed by atoms with van der Waals surface area (Å²) in [6.07, 6.45) is 3.73. The number of fused-ring (bicyclic) bond motifs is 1. The highest BCUT2D eigenvalue weighted by molar-refractivity contribution is 5.94. The lowest BCUT2D eigenvalue weighted by molar-refractivity contribution is -0.135. The highest BCUT2D eigenvalue weighted by atomic mass is 16.2. The zero-order valence-corrected chi connectivity index (χ0v) is 28.8. The molecule has 0 saturated carbocycles. The number of hydrogen-bond donors (Lipinski definition) is 3. The molecule has 1 aromatic heterocycles. The standard InChI is InChI=1S/C39H49N7O/c1-7-46(8-2)37(47)39(5,6)31-14-15-35-34(23-31)33(36(44-35)30-21-27(3)20-28(4)22-30)16-18-41-38(42-26-40)43-32-17-19-45(25-32)24-29-12-10-9-11-13-29/h9-15,20-23,32,44H,7-8,16-19,24-25H2,1-6H3,(H2,41,42,43). The van der Waals surface area contributed by atoms with Gasteiger partial charge in [0.2, 0.25) is 11.9 Å². The first-order valence-electron chi connectivity index (χ1n) is 16.9. The van der Waals surface area contributed by atoms with Crippen molar-refractivity contribution in [3.8, 4) is 17.5 Å². The van der Waals surface area contributed by atoms with Crippen molar-refractivity contribution in [3.63, 3.8) is 0 Å². The van der Waals surface area contributed by atoms with Crippen molar-refractivity contribution in [2.24, 2.45) is 4.99 Å². The number of aromatic nitrogens is 1. The molecule has 8 nitrogen and oxygen atoms in total. The number of likely N-dealkylation sites (tertiary alicyclic amines) is 1. The second-order valence-electron chi connectivity index (χ2n) is 13.3. The number of guanidine groups is 1. The minimum absolute atomic E-state index is 0.130. The van der Waals surface area contributed by atoms with Gasteiger partial charge in [0.1, 0.15) is 0 Å². The Labute approximate surface area is 279 Å². The molecule has 0 radical (unpaired) electrons.